The SMILES string of the molecule is COc1ccccc1SCC(=O)Nc1cc(N)ccc1F. The second kappa shape index (κ2) is 6.99. The molecule has 2 aromatic rings. The first-order valence-corrected chi connectivity index (χ1v) is 7.19. The molecular formula is C15H15FN2O2S. The summed E-state index contributed by atoms with van der Waals surface area (Å²) in [5, 5.41) is 2.50. The number of anilines is 2. The third kappa shape index (κ3) is 4.13. The van der Waals surface area contributed by atoms with Crippen LogP contribution in [0.2, 0.25) is 0 Å². The van der Waals surface area contributed by atoms with Crippen LogP contribution in [0.1, 0.15) is 0 Å². The number of hydrogen-bond donors (Lipinski definition) is 2. The number of nitrogens with one attached hydrogen (secondary N) is 1. The lowest BCUT2D eigenvalue weighted by Crippen LogP contribution is -2.15. The summed E-state index contributed by atoms with van der Waals surface area (Å²) in [5.41, 5.74) is 6.04. The highest BCUT2D eigenvalue weighted by molar-refractivity contribution is 8.00. The number of para-hydroxylation sites is 1. The van der Waals surface area contributed by atoms with Gasteiger partial charge in [0.15, 0.2) is 0 Å². The molecule has 0 atom stereocenters. The zero-order chi connectivity index (χ0) is 15.2. The van der Waals surface area contributed by atoms with Crippen LogP contribution in [0.5, 0.6) is 5.75 Å². The van der Waals surface area contributed by atoms with Crippen LogP contribution < -0.4 is 15.8 Å². The van der Waals surface area contributed by atoms with Gasteiger partial charge in [0.05, 0.1) is 18.6 Å². The molecule has 0 aliphatic carbocycles. The molecular weight excluding hydrogens is 291 g/mol. The topological polar surface area (TPSA) is 64.3 Å². The highest BCUT2D eigenvalue weighted by Gasteiger charge is 2.09. The van der Waals surface area contributed by atoms with Crippen molar-refractivity contribution in [2.24, 2.45) is 0 Å². The highest BCUT2D eigenvalue weighted by Crippen LogP contribution is 2.28. The number of carbonyl (C=O) groups excluding carboxylic acids is 1. The molecule has 2 rings (SSSR count). The van der Waals surface area contributed by atoms with Crippen LogP contribution in [0.3, 0.4) is 0 Å². The number of halogens is 1. The highest BCUT2D eigenvalue weighted by atomic mass is 32.2. The molecule has 3 N–H and O–H groups in total. The Morgan fingerprint density at radius 1 is 1.33 bits per heavy atom. The molecule has 4 nitrogen and oxygen atoms in total. The van der Waals surface area contributed by atoms with E-state index in [0.29, 0.717) is 11.4 Å². The monoisotopic (exact) mass is 306 g/mol. The van der Waals surface area contributed by atoms with E-state index in [2.05, 4.69) is 5.32 Å². The van der Waals surface area contributed by atoms with Crippen LogP contribution in [-0.4, -0.2) is 18.8 Å². The summed E-state index contributed by atoms with van der Waals surface area (Å²) in [7, 11) is 1.57. The largest absolute Gasteiger partial charge is 0.496 e. The number of carbonyl (C=O) groups is 1. The van der Waals surface area contributed by atoms with E-state index in [-0.39, 0.29) is 17.3 Å². The lowest BCUT2D eigenvalue weighted by Gasteiger charge is -2.09. The molecule has 0 bridgehead atoms. The van der Waals surface area contributed by atoms with Gasteiger partial charge in [0.2, 0.25) is 5.91 Å². The van der Waals surface area contributed by atoms with Crippen molar-refractivity contribution in [1.82, 2.24) is 0 Å². The van der Waals surface area contributed by atoms with E-state index < -0.39 is 5.82 Å². The van der Waals surface area contributed by atoms with Crippen molar-refractivity contribution in [3.63, 3.8) is 0 Å². The van der Waals surface area contributed by atoms with Gasteiger partial charge in [-0.05, 0) is 30.3 Å². The fourth-order valence-corrected chi connectivity index (χ4v) is 2.53. The predicted molar refractivity (Wildman–Crippen MR) is 83.2 cm³/mol. The maximum absolute atomic E-state index is 13.5. The molecule has 0 spiro atoms. The third-order valence-corrected chi connectivity index (χ3v) is 3.75. The molecule has 0 aliphatic heterocycles. The summed E-state index contributed by atoms with van der Waals surface area (Å²) in [6.07, 6.45) is 0. The van der Waals surface area contributed by atoms with E-state index in [1.165, 1.54) is 30.0 Å². The molecule has 21 heavy (non-hydrogen) atoms. The van der Waals surface area contributed by atoms with Crippen molar-refractivity contribution in [3.8, 4) is 5.75 Å². The number of methoxy groups -OCH3 is 1. The number of hydrogen-bond acceptors (Lipinski definition) is 4. The van der Waals surface area contributed by atoms with Gasteiger partial charge < -0.3 is 15.8 Å². The molecule has 0 saturated heterocycles. The molecule has 0 aromatic heterocycles. The minimum Gasteiger partial charge on any atom is -0.496 e. The zero-order valence-electron chi connectivity index (χ0n) is 11.4. The van der Waals surface area contributed by atoms with Crippen LogP contribution in [0.25, 0.3) is 0 Å². The first-order chi connectivity index (χ1) is 10.1. The summed E-state index contributed by atoms with van der Waals surface area (Å²) in [6.45, 7) is 0. The maximum atomic E-state index is 13.5. The van der Waals surface area contributed by atoms with Gasteiger partial charge in [-0.3, -0.25) is 4.79 Å². The van der Waals surface area contributed by atoms with Crippen molar-refractivity contribution < 1.29 is 13.9 Å². The Bertz CT molecular complexity index is 649. The van der Waals surface area contributed by atoms with Gasteiger partial charge in [-0.1, -0.05) is 12.1 Å². The summed E-state index contributed by atoms with van der Waals surface area (Å²) >= 11 is 1.32. The van der Waals surface area contributed by atoms with Crippen molar-refractivity contribution in [1.29, 1.82) is 0 Å². The Kier molecular flexibility index (Phi) is 5.05. The summed E-state index contributed by atoms with van der Waals surface area (Å²) in [6, 6.07) is 11.4. The fourth-order valence-electron chi connectivity index (χ4n) is 1.71. The lowest BCUT2D eigenvalue weighted by molar-refractivity contribution is -0.113. The minimum atomic E-state index is -0.514. The second-order valence-electron chi connectivity index (χ2n) is 4.23. The third-order valence-electron chi connectivity index (χ3n) is 2.69. The van der Waals surface area contributed by atoms with E-state index in [4.69, 9.17) is 10.5 Å². The van der Waals surface area contributed by atoms with Crippen molar-refractivity contribution in [2.75, 3.05) is 23.9 Å². The molecule has 0 saturated carbocycles. The molecule has 6 heteroatoms. The second-order valence-corrected chi connectivity index (χ2v) is 5.24. The van der Waals surface area contributed by atoms with E-state index in [9.17, 15) is 9.18 Å². The number of amides is 1. The standard InChI is InChI=1S/C15H15FN2O2S/c1-20-13-4-2-3-5-14(13)21-9-15(19)18-12-8-10(17)6-7-11(12)16/h2-8H,9,17H2,1H3,(H,18,19). The molecule has 110 valence electrons. The Labute approximate surface area is 126 Å². The van der Waals surface area contributed by atoms with Crippen molar-refractivity contribution in [2.45, 2.75) is 4.90 Å². The van der Waals surface area contributed by atoms with Gasteiger partial charge in [0.25, 0.3) is 0 Å². The minimum absolute atomic E-state index is 0.0839. The van der Waals surface area contributed by atoms with Crippen LogP contribution >= 0.6 is 11.8 Å². The fraction of sp³-hybridized carbons (Fsp3) is 0.133. The molecule has 0 heterocycles. The predicted octanol–water partition coefficient (Wildman–Crippen LogP) is 3.15. The first-order valence-electron chi connectivity index (χ1n) is 6.21. The smallest absolute Gasteiger partial charge is 0.234 e. The van der Waals surface area contributed by atoms with Crippen LogP contribution in [0, 0.1) is 5.82 Å². The van der Waals surface area contributed by atoms with Gasteiger partial charge in [-0.2, -0.15) is 0 Å². The molecule has 0 fully saturated rings. The van der Waals surface area contributed by atoms with Gasteiger partial charge in [-0.25, -0.2) is 4.39 Å². The number of benzene rings is 2. The van der Waals surface area contributed by atoms with Crippen LogP contribution in [0.15, 0.2) is 47.4 Å². The summed E-state index contributed by atoms with van der Waals surface area (Å²) < 4.78 is 18.7. The van der Waals surface area contributed by atoms with Crippen molar-refractivity contribution >= 4 is 29.0 Å². The van der Waals surface area contributed by atoms with E-state index >= 15 is 0 Å². The lowest BCUT2D eigenvalue weighted by atomic mass is 10.2. The Morgan fingerprint density at radius 3 is 2.86 bits per heavy atom. The molecule has 0 aliphatic rings. The van der Waals surface area contributed by atoms with Gasteiger partial charge in [0.1, 0.15) is 11.6 Å². The van der Waals surface area contributed by atoms with E-state index in [0.717, 1.165) is 4.90 Å². The molecule has 1 amide bonds. The Balaban J connectivity index is 1.97. The Hall–Kier alpha value is -2.21. The average molecular weight is 306 g/mol. The van der Waals surface area contributed by atoms with Crippen LogP contribution in [0.4, 0.5) is 15.8 Å². The number of ether oxygens (including phenoxy) is 1. The van der Waals surface area contributed by atoms with Gasteiger partial charge >= 0.3 is 0 Å². The summed E-state index contributed by atoms with van der Waals surface area (Å²) in [5.74, 6) is 0.0231. The average Bonchev–Trinajstić information content (AvgIpc) is 2.49. The quantitative estimate of drug-likeness (QED) is 0.658. The first kappa shape index (κ1) is 15.2. The normalized spacial score (nSPS) is 10.2. The maximum Gasteiger partial charge on any atom is 0.234 e. The Morgan fingerprint density at radius 2 is 2.10 bits per heavy atom. The molecule has 0 unspecified atom stereocenters. The molecule has 2 aromatic carbocycles. The molecule has 0 radical (unpaired) electrons. The van der Waals surface area contributed by atoms with Gasteiger partial charge in [-0.15, -0.1) is 11.8 Å². The van der Waals surface area contributed by atoms with E-state index in [1.54, 1.807) is 7.11 Å². The van der Waals surface area contributed by atoms with Crippen LogP contribution in [-0.2, 0) is 4.79 Å². The van der Waals surface area contributed by atoms with Crippen molar-refractivity contribution in [3.05, 3.63) is 48.3 Å². The van der Waals surface area contributed by atoms with E-state index in [1.807, 2.05) is 24.3 Å². The summed E-state index contributed by atoms with van der Waals surface area (Å²) in [4.78, 5) is 12.7. The number of nitrogens with two attached hydrogens (primary N) is 1. The number of thioether (sulfide) groups is 1. The number of rotatable bonds is 5. The zero-order valence-corrected chi connectivity index (χ0v) is 12.2. The number of nitrogen functional groups attached to an aromatic ring is 1. The van der Waals surface area contributed by atoms with Gasteiger partial charge in [0, 0.05) is 10.6 Å².